The Bertz CT molecular complexity index is 86.9. The van der Waals surface area contributed by atoms with Crippen LogP contribution in [0.5, 0.6) is 0 Å². The first kappa shape index (κ1) is 6.85. The fourth-order valence-corrected chi connectivity index (χ4v) is 0.0598. The molecule has 4 heteroatoms. The Morgan fingerprint density at radius 2 is 2.00 bits per heavy atom. The summed E-state index contributed by atoms with van der Waals surface area (Å²) < 4.78 is 22.0. The van der Waals surface area contributed by atoms with Gasteiger partial charge in [0.2, 0.25) is 0 Å². The summed E-state index contributed by atoms with van der Waals surface area (Å²) in [5, 5.41) is 7.04. The monoisotopic (exact) mass is 128 g/mol. The zero-order chi connectivity index (χ0) is 5.86. The number of hydrogen-bond donors (Lipinski definition) is 1. The fourth-order valence-electron chi connectivity index (χ4n) is 0.0598. The van der Waals surface area contributed by atoms with Crippen molar-refractivity contribution in [2.75, 3.05) is 6.61 Å². The van der Waals surface area contributed by atoms with Gasteiger partial charge in [-0.2, -0.15) is 8.78 Å². The van der Waals surface area contributed by atoms with E-state index >= 15 is 0 Å². The van der Waals surface area contributed by atoms with Gasteiger partial charge in [-0.1, -0.05) is 11.6 Å². The van der Waals surface area contributed by atoms with Crippen molar-refractivity contribution in [1.82, 2.24) is 0 Å². The highest BCUT2D eigenvalue weighted by atomic mass is 35.5. The normalized spacial score (nSPS) is 8.57. The summed E-state index contributed by atoms with van der Waals surface area (Å²) in [7, 11) is 0. The molecular formula is C3H3ClF2O. The van der Waals surface area contributed by atoms with E-state index in [9.17, 15) is 8.78 Å². The average Bonchev–Trinajstić information content (AvgIpc) is 1.65. The first-order valence-corrected chi connectivity index (χ1v) is 1.86. The molecule has 1 N–H and O–H groups in total. The van der Waals surface area contributed by atoms with Gasteiger partial charge in [0.15, 0.2) is 0 Å². The summed E-state index contributed by atoms with van der Waals surface area (Å²) in [6, 6.07) is 0. The topological polar surface area (TPSA) is 20.2 Å². The zero-order valence-electron chi connectivity index (χ0n) is 3.29. The van der Waals surface area contributed by atoms with Gasteiger partial charge in [0.25, 0.3) is 6.08 Å². The Morgan fingerprint density at radius 3 is 2.00 bits per heavy atom. The first-order chi connectivity index (χ1) is 3.18. The van der Waals surface area contributed by atoms with Crippen molar-refractivity contribution in [1.29, 1.82) is 0 Å². The second kappa shape index (κ2) is 2.93. The third-order valence-electron chi connectivity index (χ3n) is 0.344. The van der Waals surface area contributed by atoms with Gasteiger partial charge >= 0.3 is 0 Å². The molecule has 7 heavy (non-hydrogen) atoms. The van der Waals surface area contributed by atoms with Crippen molar-refractivity contribution in [3.05, 3.63) is 11.1 Å². The number of rotatable bonds is 1. The number of halogens is 3. The molecule has 0 aliphatic rings. The van der Waals surface area contributed by atoms with Crippen LogP contribution < -0.4 is 0 Å². The Labute approximate surface area is 44.2 Å². The van der Waals surface area contributed by atoms with Crippen molar-refractivity contribution in [3.63, 3.8) is 0 Å². The summed E-state index contributed by atoms with van der Waals surface area (Å²) >= 11 is 4.68. The number of hydrogen-bond acceptors (Lipinski definition) is 1. The highest BCUT2D eigenvalue weighted by molar-refractivity contribution is 6.29. The molecule has 0 amide bonds. The molecule has 0 bridgehead atoms. The molecule has 0 heterocycles. The van der Waals surface area contributed by atoms with E-state index in [0.29, 0.717) is 0 Å². The lowest BCUT2D eigenvalue weighted by Gasteiger charge is -1.83. The van der Waals surface area contributed by atoms with Crippen LogP contribution in [0.1, 0.15) is 0 Å². The van der Waals surface area contributed by atoms with E-state index in [1.165, 1.54) is 0 Å². The predicted octanol–water partition coefficient (Wildman–Crippen LogP) is 1.33. The van der Waals surface area contributed by atoms with Crippen LogP contribution in [0.25, 0.3) is 0 Å². The highest BCUT2D eigenvalue weighted by Gasteiger charge is 1.97. The number of aliphatic hydroxyl groups excluding tert-OH is 1. The first-order valence-electron chi connectivity index (χ1n) is 1.49. The van der Waals surface area contributed by atoms with Gasteiger partial charge in [-0.15, -0.1) is 0 Å². The van der Waals surface area contributed by atoms with Crippen molar-refractivity contribution in [3.8, 4) is 0 Å². The van der Waals surface area contributed by atoms with E-state index in [1.54, 1.807) is 0 Å². The van der Waals surface area contributed by atoms with E-state index in [-0.39, 0.29) is 0 Å². The molecule has 42 valence electrons. The molecule has 0 radical (unpaired) electrons. The maximum absolute atomic E-state index is 11.0. The Kier molecular flexibility index (Phi) is 2.87. The molecule has 0 aromatic rings. The van der Waals surface area contributed by atoms with Crippen molar-refractivity contribution < 1.29 is 13.9 Å². The lowest BCUT2D eigenvalue weighted by Crippen LogP contribution is -1.80. The minimum atomic E-state index is -2.02. The van der Waals surface area contributed by atoms with Gasteiger partial charge in [-0.05, 0) is 0 Å². The molecule has 0 aliphatic carbocycles. The standard InChI is InChI=1S/C3H3ClF2O/c4-2(1-7)3(5)6/h7H,1H2. The van der Waals surface area contributed by atoms with Crippen molar-refractivity contribution in [2.45, 2.75) is 0 Å². The maximum atomic E-state index is 11.0. The van der Waals surface area contributed by atoms with E-state index in [1.807, 2.05) is 0 Å². The van der Waals surface area contributed by atoms with E-state index in [2.05, 4.69) is 11.6 Å². The molecule has 0 aromatic heterocycles. The number of aliphatic hydroxyl groups is 1. The third kappa shape index (κ3) is 2.53. The predicted molar refractivity (Wildman–Crippen MR) is 22.2 cm³/mol. The van der Waals surface area contributed by atoms with E-state index in [0.717, 1.165) is 0 Å². The lowest BCUT2D eigenvalue weighted by molar-refractivity contribution is 0.321. The van der Waals surface area contributed by atoms with Crippen LogP contribution in [-0.4, -0.2) is 11.7 Å². The molecule has 0 aromatic carbocycles. The minimum absolute atomic E-state index is 0.788. The summed E-state index contributed by atoms with van der Waals surface area (Å²) in [5.74, 6) is 0. The molecule has 0 aliphatic heterocycles. The zero-order valence-corrected chi connectivity index (χ0v) is 4.04. The smallest absolute Gasteiger partial charge is 0.287 e. The Hall–Kier alpha value is -0.150. The summed E-state index contributed by atoms with van der Waals surface area (Å²) in [5.41, 5.74) is 0. The molecule has 0 atom stereocenters. The summed E-state index contributed by atoms with van der Waals surface area (Å²) in [6.45, 7) is -0.788. The fraction of sp³-hybridized carbons (Fsp3) is 0.333. The Morgan fingerprint density at radius 1 is 1.57 bits per heavy atom. The SMILES string of the molecule is OCC(Cl)=C(F)F. The molecular weight excluding hydrogens is 125 g/mol. The molecule has 0 saturated heterocycles. The molecule has 0 rings (SSSR count). The van der Waals surface area contributed by atoms with Gasteiger partial charge in [-0.25, -0.2) is 0 Å². The summed E-state index contributed by atoms with van der Waals surface area (Å²) in [6.07, 6.45) is -2.02. The maximum Gasteiger partial charge on any atom is 0.287 e. The molecule has 0 spiro atoms. The molecule has 0 fully saturated rings. The second-order valence-corrected chi connectivity index (χ2v) is 1.28. The van der Waals surface area contributed by atoms with Crippen molar-refractivity contribution >= 4 is 11.6 Å². The van der Waals surface area contributed by atoms with Gasteiger partial charge < -0.3 is 5.11 Å². The lowest BCUT2D eigenvalue weighted by atomic mass is 10.7. The van der Waals surface area contributed by atoms with Crippen LogP contribution in [0.3, 0.4) is 0 Å². The average molecular weight is 129 g/mol. The Balaban J connectivity index is 3.72. The van der Waals surface area contributed by atoms with Gasteiger partial charge in [0, 0.05) is 0 Å². The largest absolute Gasteiger partial charge is 0.391 e. The third-order valence-corrected chi connectivity index (χ3v) is 0.606. The van der Waals surface area contributed by atoms with Gasteiger partial charge in [-0.3, -0.25) is 0 Å². The minimum Gasteiger partial charge on any atom is -0.391 e. The van der Waals surface area contributed by atoms with Crippen molar-refractivity contribution in [2.24, 2.45) is 0 Å². The second-order valence-electron chi connectivity index (χ2n) is 0.823. The van der Waals surface area contributed by atoms with Crippen LogP contribution in [0.2, 0.25) is 0 Å². The van der Waals surface area contributed by atoms with Crippen LogP contribution in [0.15, 0.2) is 11.1 Å². The molecule has 0 unspecified atom stereocenters. The van der Waals surface area contributed by atoms with Gasteiger partial charge in [0.05, 0.1) is 6.61 Å². The quantitative estimate of drug-likeness (QED) is 0.565. The van der Waals surface area contributed by atoms with Gasteiger partial charge in [0.1, 0.15) is 5.03 Å². The van der Waals surface area contributed by atoms with E-state index < -0.39 is 17.7 Å². The van der Waals surface area contributed by atoms with Crippen LogP contribution in [0.4, 0.5) is 8.78 Å². The summed E-state index contributed by atoms with van der Waals surface area (Å²) in [4.78, 5) is 0. The van der Waals surface area contributed by atoms with Crippen LogP contribution in [-0.2, 0) is 0 Å². The van der Waals surface area contributed by atoms with E-state index in [4.69, 9.17) is 5.11 Å². The highest BCUT2D eigenvalue weighted by Crippen LogP contribution is 2.09. The molecule has 0 saturated carbocycles. The molecule has 1 nitrogen and oxygen atoms in total. The van der Waals surface area contributed by atoms with Crippen LogP contribution >= 0.6 is 11.6 Å². The van der Waals surface area contributed by atoms with Crippen LogP contribution in [0, 0.1) is 0 Å².